The minimum atomic E-state index is -4.56. The minimum Gasteiger partial charge on any atom is -0.388 e. The zero-order valence-corrected chi connectivity index (χ0v) is 10.0. The van der Waals surface area contributed by atoms with E-state index in [1.807, 2.05) is 0 Å². The van der Waals surface area contributed by atoms with Crippen molar-refractivity contribution in [2.24, 2.45) is 5.73 Å². The fourth-order valence-electron chi connectivity index (χ4n) is 1.32. The largest absolute Gasteiger partial charge is 0.403 e. The molecule has 1 aromatic carbocycles. The third-order valence-electron chi connectivity index (χ3n) is 2.23. The van der Waals surface area contributed by atoms with Crippen molar-refractivity contribution in [2.45, 2.75) is 24.7 Å². The van der Waals surface area contributed by atoms with Gasteiger partial charge in [-0.15, -0.1) is 0 Å². The first kappa shape index (κ1) is 14.6. The molecule has 96 valence electrons. The monoisotopic (exact) mass is 287 g/mol. The predicted molar refractivity (Wildman–Crippen MR) is 60.1 cm³/mol. The number of aliphatic hydroxyl groups excluding tert-OH is 1. The van der Waals surface area contributed by atoms with Gasteiger partial charge in [0.2, 0.25) is 0 Å². The Hall–Kier alpha value is -0.490. The molecule has 0 aliphatic rings. The van der Waals surface area contributed by atoms with Crippen LogP contribution < -0.4 is 5.73 Å². The van der Waals surface area contributed by atoms with Crippen molar-refractivity contribution in [3.63, 3.8) is 0 Å². The number of alkyl halides is 3. The van der Waals surface area contributed by atoms with Gasteiger partial charge in [0, 0.05) is 22.0 Å². The second kappa shape index (κ2) is 5.44. The molecular weight excluding hydrogens is 278 g/mol. The maximum Gasteiger partial charge on any atom is 0.403 e. The van der Waals surface area contributed by atoms with Crippen molar-refractivity contribution in [3.05, 3.63) is 33.8 Å². The summed E-state index contributed by atoms with van der Waals surface area (Å²) in [6.07, 6.45) is -6.70. The predicted octanol–water partition coefficient (Wildman–Crippen LogP) is 3.31. The summed E-state index contributed by atoms with van der Waals surface area (Å²) < 4.78 is 36.7. The molecule has 0 bridgehead atoms. The van der Waals surface area contributed by atoms with Crippen molar-refractivity contribution in [2.75, 3.05) is 0 Å². The first-order valence-electron chi connectivity index (χ1n) is 4.67. The van der Waals surface area contributed by atoms with Crippen LogP contribution in [0.2, 0.25) is 10.0 Å². The fraction of sp³-hybridized carbons (Fsp3) is 0.400. The Morgan fingerprint density at radius 2 is 1.71 bits per heavy atom. The lowest BCUT2D eigenvalue weighted by molar-refractivity contribution is -0.153. The molecule has 1 aromatic rings. The summed E-state index contributed by atoms with van der Waals surface area (Å²) in [6.45, 7) is 0. The van der Waals surface area contributed by atoms with Crippen molar-refractivity contribution < 1.29 is 18.3 Å². The van der Waals surface area contributed by atoms with Crippen molar-refractivity contribution in [3.8, 4) is 0 Å². The van der Waals surface area contributed by atoms with Crippen LogP contribution in [0, 0.1) is 0 Å². The van der Waals surface area contributed by atoms with Crippen LogP contribution in [0.4, 0.5) is 13.2 Å². The zero-order valence-electron chi connectivity index (χ0n) is 8.51. The number of hydrogen-bond donors (Lipinski definition) is 2. The first-order chi connectivity index (χ1) is 7.73. The van der Waals surface area contributed by atoms with E-state index >= 15 is 0 Å². The Bertz CT molecular complexity index is 377. The lowest BCUT2D eigenvalue weighted by Crippen LogP contribution is -2.38. The second-order valence-electron chi connectivity index (χ2n) is 3.53. The molecule has 0 unspecified atom stereocenters. The fourth-order valence-corrected chi connectivity index (χ4v) is 1.97. The molecule has 0 radical (unpaired) electrons. The summed E-state index contributed by atoms with van der Waals surface area (Å²) in [5.74, 6) is 0. The van der Waals surface area contributed by atoms with Gasteiger partial charge in [-0.25, -0.2) is 0 Å². The van der Waals surface area contributed by atoms with Crippen LogP contribution in [0.25, 0.3) is 0 Å². The van der Waals surface area contributed by atoms with Crippen LogP contribution in [0.1, 0.15) is 18.1 Å². The molecule has 2 nitrogen and oxygen atoms in total. The lowest BCUT2D eigenvalue weighted by atomic mass is 10.0. The van der Waals surface area contributed by atoms with Gasteiger partial charge in [0.15, 0.2) is 0 Å². The Labute approximate surface area is 106 Å². The zero-order chi connectivity index (χ0) is 13.2. The summed E-state index contributed by atoms with van der Waals surface area (Å²) in [4.78, 5) is 0. The molecule has 0 saturated carbocycles. The molecule has 3 N–H and O–H groups in total. The molecule has 7 heteroatoms. The van der Waals surface area contributed by atoms with Gasteiger partial charge in [0.05, 0.1) is 6.10 Å². The molecule has 0 saturated heterocycles. The van der Waals surface area contributed by atoms with Crippen LogP contribution in [-0.4, -0.2) is 17.3 Å². The van der Waals surface area contributed by atoms with Crippen molar-refractivity contribution in [1.29, 1.82) is 0 Å². The van der Waals surface area contributed by atoms with E-state index in [9.17, 15) is 18.3 Å². The molecule has 0 aliphatic heterocycles. The number of halogens is 5. The summed E-state index contributed by atoms with van der Waals surface area (Å²) in [5, 5.41) is 9.89. The molecule has 0 amide bonds. The summed E-state index contributed by atoms with van der Waals surface area (Å²) in [6, 6.07) is 2.28. The molecular formula is C10H10Cl2F3NO. The van der Waals surface area contributed by atoms with E-state index in [1.165, 1.54) is 18.2 Å². The van der Waals surface area contributed by atoms with Crippen LogP contribution >= 0.6 is 23.2 Å². The standard InChI is InChI=1S/C10H10Cl2F3NO/c11-5-2-1-3-6(12)9(5)7(17)4-8(16)10(13,14)15/h1-3,7-8,17H,4,16H2/t7-,8-/m1/s1. The average Bonchev–Trinajstić information content (AvgIpc) is 2.15. The maximum atomic E-state index is 12.2. The van der Waals surface area contributed by atoms with E-state index < -0.39 is 24.7 Å². The molecule has 1 rings (SSSR count). The molecule has 0 spiro atoms. The Morgan fingerprint density at radius 1 is 1.24 bits per heavy atom. The number of benzene rings is 1. The van der Waals surface area contributed by atoms with Crippen LogP contribution in [0.3, 0.4) is 0 Å². The summed E-state index contributed by atoms with van der Waals surface area (Å²) in [5.41, 5.74) is 4.98. The lowest BCUT2D eigenvalue weighted by Gasteiger charge is -2.20. The van der Waals surface area contributed by atoms with Crippen molar-refractivity contribution >= 4 is 23.2 Å². The minimum absolute atomic E-state index is 0.0653. The number of rotatable bonds is 3. The molecule has 2 atom stereocenters. The van der Waals surface area contributed by atoms with Gasteiger partial charge in [-0.05, 0) is 12.1 Å². The number of aliphatic hydroxyl groups is 1. The van der Waals surface area contributed by atoms with Crippen LogP contribution in [-0.2, 0) is 0 Å². The van der Waals surface area contributed by atoms with E-state index in [0.29, 0.717) is 0 Å². The SMILES string of the molecule is N[C@H](C[C@@H](O)c1c(Cl)cccc1Cl)C(F)(F)F. The average molecular weight is 288 g/mol. The Morgan fingerprint density at radius 3 is 2.12 bits per heavy atom. The second-order valence-corrected chi connectivity index (χ2v) is 4.35. The first-order valence-corrected chi connectivity index (χ1v) is 5.43. The van der Waals surface area contributed by atoms with E-state index in [2.05, 4.69) is 0 Å². The highest BCUT2D eigenvalue weighted by Gasteiger charge is 2.38. The van der Waals surface area contributed by atoms with Gasteiger partial charge in [-0.1, -0.05) is 29.3 Å². The third kappa shape index (κ3) is 3.74. The number of hydrogen-bond acceptors (Lipinski definition) is 2. The van der Waals surface area contributed by atoms with E-state index in [4.69, 9.17) is 28.9 Å². The Balaban J connectivity index is 2.87. The van der Waals surface area contributed by atoms with Gasteiger partial charge in [0.25, 0.3) is 0 Å². The van der Waals surface area contributed by atoms with Crippen LogP contribution in [0.5, 0.6) is 0 Å². The van der Waals surface area contributed by atoms with Crippen LogP contribution in [0.15, 0.2) is 18.2 Å². The topological polar surface area (TPSA) is 46.2 Å². The quantitative estimate of drug-likeness (QED) is 0.896. The normalized spacial score (nSPS) is 15.7. The third-order valence-corrected chi connectivity index (χ3v) is 2.89. The molecule has 0 fully saturated rings. The highest BCUT2D eigenvalue weighted by molar-refractivity contribution is 6.36. The van der Waals surface area contributed by atoms with Gasteiger partial charge < -0.3 is 10.8 Å². The maximum absolute atomic E-state index is 12.2. The molecule has 0 heterocycles. The summed E-state index contributed by atoms with van der Waals surface area (Å²) in [7, 11) is 0. The Kier molecular flexibility index (Phi) is 4.66. The number of nitrogens with two attached hydrogens (primary N) is 1. The van der Waals surface area contributed by atoms with E-state index in [-0.39, 0.29) is 15.6 Å². The molecule has 0 aromatic heterocycles. The highest BCUT2D eigenvalue weighted by Crippen LogP contribution is 2.34. The van der Waals surface area contributed by atoms with Crippen molar-refractivity contribution in [1.82, 2.24) is 0 Å². The summed E-state index contributed by atoms with van der Waals surface area (Å²) >= 11 is 11.5. The van der Waals surface area contributed by atoms with Gasteiger partial charge in [-0.3, -0.25) is 0 Å². The van der Waals surface area contributed by atoms with E-state index in [1.54, 1.807) is 0 Å². The van der Waals surface area contributed by atoms with E-state index in [0.717, 1.165) is 0 Å². The molecule has 0 aliphatic carbocycles. The van der Waals surface area contributed by atoms with Gasteiger partial charge >= 0.3 is 6.18 Å². The highest BCUT2D eigenvalue weighted by atomic mass is 35.5. The van der Waals surface area contributed by atoms with Gasteiger partial charge in [-0.2, -0.15) is 13.2 Å². The van der Waals surface area contributed by atoms with Gasteiger partial charge in [0.1, 0.15) is 6.04 Å². The smallest absolute Gasteiger partial charge is 0.388 e. The molecule has 17 heavy (non-hydrogen) atoms.